The summed E-state index contributed by atoms with van der Waals surface area (Å²) in [7, 11) is -4.39. The van der Waals surface area contributed by atoms with E-state index in [1.807, 2.05) is 0 Å². The predicted molar refractivity (Wildman–Crippen MR) is 321 cm³/mol. The first-order valence-corrected chi connectivity index (χ1v) is 34.0. The molecule has 0 aromatic carbocycles. The number of phosphoric acid groups is 1. The Hall–Kier alpha value is -1.77. The van der Waals surface area contributed by atoms with Gasteiger partial charge in [0.2, 0.25) is 0 Å². The highest BCUT2D eigenvalue weighted by molar-refractivity contribution is 7.47. The molecule has 2 atom stereocenters. The highest BCUT2D eigenvalue weighted by Crippen LogP contribution is 2.43. The summed E-state index contributed by atoms with van der Waals surface area (Å²) in [5.74, 6) is -0.850. The second kappa shape index (κ2) is 61.4. The molecule has 0 aliphatic rings. The number of carbonyl (C=O) groups is 2. The van der Waals surface area contributed by atoms with Gasteiger partial charge >= 0.3 is 19.8 Å². The maximum absolute atomic E-state index is 12.6. The Labute approximate surface area is 464 Å². The molecule has 0 aliphatic heterocycles. The molecule has 3 N–H and O–H groups in total. The lowest BCUT2D eigenvalue weighted by atomic mass is 10.0. The van der Waals surface area contributed by atoms with Crippen LogP contribution >= 0.6 is 7.82 Å². The fourth-order valence-corrected chi connectivity index (χ4v) is 10.5. The summed E-state index contributed by atoms with van der Waals surface area (Å²) in [6.45, 7) is 3.63. The average molecular weight is 1080 g/mol. The highest BCUT2D eigenvalue weighted by Gasteiger charge is 2.26. The number of allylic oxidation sites excluding steroid dienone is 6. The first kappa shape index (κ1) is 73.2. The second-order valence-corrected chi connectivity index (χ2v) is 23.4. The van der Waals surface area contributed by atoms with Crippen molar-refractivity contribution in [2.45, 2.75) is 341 Å². The standard InChI is InChI=1S/C65H124NO8P/c1-3-5-7-9-11-13-15-17-18-19-20-21-22-23-24-25-26-27-28-29-30-31-32-33-34-35-36-37-38-39-40-41-42-43-44-46-47-49-51-53-55-57-64(67)71-61-63(62-73-75(69,70)72-60-59-66)74-65(68)58-56-54-52-50-48-45-16-14-12-10-8-6-4-2/h6,8,12,14,45,48,63H,3-5,7,9-11,13,15-44,46-47,49-62,66H2,1-2H3,(H,69,70)/b8-6-,14-12-,48-45-. The first-order chi connectivity index (χ1) is 36.8. The molecule has 0 aromatic heterocycles. The van der Waals surface area contributed by atoms with Crippen LogP contribution in [0.2, 0.25) is 0 Å². The molecule has 0 saturated heterocycles. The molecule has 10 heteroatoms. The highest BCUT2D eigenvalue weighted by atomic mass is 31.2. The van der Waals surface area contributed by atoms with Crippen LogP contribution < -0.4 is 5.73 Å². The molecular weight excluding hydrogens is 954 g/mol. The molecule has 0 aromatic rings. The zero-order valence-electron chi connectivity index (χ0n) is 49.6. The van der Waals surface area contributed by atoms with Gasteiger partial charge < -0.3 is 20.1 Å². The number of phosphoric ester groups is 1. The van der Waals surface area contributed by atoms with E-state index in [0.717, 1.165) is 57.8 Å². The molecule has 0 saturated carbocycles. The molecule has 442 valence electrons. The van der Waals surface area contributed by atoms with Gasteiger partial charge in [-0.05, 0) is 44.9 Å². The number of unbranched alkanes of at least 4 members (excludes halogenated alkanes) is 43. The Morgan fingerprint density at radius 3 is 1.09 bits per heavy atom. The Bertz CT molecular complexity index is 1320. The van der Waals surface area contributed by atoms with Crippen LogP contribution in [0, 0.1) is 0 Å². The van der Waals surface area contributed by atoms with Crippen molar-refractivity contribution in [3.63, 3.8) is 0 Å². The van der Waals surface area contributed by atoms with Crippen molar-refractivity contribution in [2.24, 2.45) is 5.73 Å². The van der Waals surface area contributed by atoms with E-state index < -0.39 is 26.5 Å². The Balaban J connectivity index is 3.66. The lowest BCUT2D eigenvalue weighted by Crippen LogP contribution is -2.29. The van der Waals surface area contributed by atoms with E-state index in [-0.39, 0.29) is 38.6 Å². The minimum atomic E-state index is -4.39. The molecule has 0 radical (unpaired) electrons. The van der Waals surface area contributed by atoms with E-state index in [4.69, 9.17) is 24.3 Å². The molecule has 0 aliphatic carbocycles. The third kappa shape index (κ3) is 61.3. The average Bonchev–Trinajstić information content (AvgIpc) is 3.40. The third-order valence-electron chi connectivity index (χ3n) is 14.5. The van der Waals surface area contributed by atoms with Crippen LogP contribution in [0.1, 0.15) is 335 Å². The monoisotopic (exact) mass is 1080 g/mol. The van der Waals surface area contributed by atoms with Gasteiger partial charge in [-0.15, -0.1) is 0 Å². The smallest absolute Gasteiger partial charge is 0.462 e. The van der Waals surface area contributed by atoms with E-state index in [1.165, 1.54) is 244 Å². The quantitative estimate of drug-likeness (QED) is 0.0264. The maximum Gasteiger partial charge on any atom is 0.472 e. The summed E-state index contributed by atoms with van der Waals surface area (Å²) in [5.41, 5.74) is 5.37. The molecule has 0 rings (SSSR count). The largest absolute Gasteiger partial charge is 0.472 e. The van der Waals surface area contributed by atoms with Gasteiger partial charge in [0, 0.05) is 19.4 Å². The normalized spacial score (nSPS) is 13.2. The summed E-state index contributed by atoms with van der Waals surface area (Å²) >= 11 is 0. The molecule has 0 amide bonds. The van der Waals surface area contributed by atoms with Crippen molar-refractivity contribution < 1.29 is 37.6 Å². The number of hydrogen-bond acceptors (Lipinski definition) is 8. The first-order valence-electron chi connectivity index (χ1n) is 32.5. The maximum atomic E-state index is 12.6. The van der Waals surface area contributed by atoms with Gasteiger partial charge in [-0.1, -0.05) is 314 Å². The third-order valence-corrected chi connectivity index (χ3v) is 15.5. The molecule has 2 unspecified atom stereocenters. The van der Waals surface area contributed by atoms with Crippen LogP contribution in [0.3, 0.4) is 0 Å². The van der Waals surface area contributed by atoms with E-state index in [9.17, 15) is 19.0 Å². The lowest BCUT2D eigenvalue weighted by molar-refractivity contribution is -0.161. The van der Waals surface area contributed by atoms with Crippen LogP contribution in [0.4, 0.5) is 0 Å². The van der Waals surface area contributed by atoms with Crippen LogP contribution in [-0.4, -0.2) is 49.3 Å². The van der Waals surface area contributed by atoms with Crippen LogP contribution in [-0.2, 0) is 32.7 Å². The van der Waals surface area contributed by atoms with E-state index in [0.29, 0.717) is 6.42 Å². The lowest BCUT2D eigenvalue weighted by Gasteiger charge is -2.19. The Morgan fingerprint density at radius 1 is 0.413 bits per heavy atom. The van der Waals surface area contributed by atoms with Gasteiger partial charge in [0.25, 0.3) is 0 Å². The minimum Gasteiger partial charge on any atom is -0.462 e. The summed E-state index contributed by atoms with van der Waals surface area (Å²) < 4.78 is 32.9. The van der Waals surface area contributed by atoms with Gasteiger partial charge in [-0.3, -0.25) is 18.6 Å². The number of carbonyl (C=O) groups excluding carboxylic acids is 2. The fourth-order valence-electron chi connectivity index (χ4n) is 9.77. The Morgan fingerprint density at radius 2 is 0.733 bits per heavy atom. The van der Waals surface area contributed by atoms with Crippen LogP contribution in [0.25, 0.3) is 0 Å². The molecule has 75 heavy (non-hydrogen) atoms. The summed E-state index contributed by atoms with van der Waals surface area (Å²) in [6, 6.07) is 0. The summed E-state index contributed by atoms with van der Waals surface area (Å²) in [5, 5.41) is 0. The zero-order chi connectivity index (χ0) is 54.5. The van der Waals surface area contributed by atoms with Gasteiger partial charge in [-0.25, -0.2) is 4.57 Å². The van der Waals surface area contributed by atoms with E-state index >= 15 is 0 Å². The van der Waals surface area contributed by atoms with Crippen molar-refractivity contribution in [1.29, 1.82) is 0 Å². The van der Waals surface area contributed by atoms with Gasteiger partial charge in [0.1, 0.15) is 6.61 Å². The van der Waals surface area contributed by atoms with Crippen LogP contribution in [0.5, 0.6) is 0 Å². The van der Waals surface area contributed by atoms with Gasteiger partial charge in [0.15, 0.2) is 6.10 Å². The van der Waals surface area contributed by atoms with Crippen molar-refractivity contribution in [2.75, 3.05) is 26.4 Å². The van der Waals surface area contributed by atoms with Crippen molar-refractivity contribution >= 4 is 19.8 Å². The Kier molecular flexibility index (Phi) is 60.0. The second-order valence-electron chi connectivity index (χ2n) is 22.0. The van der Waals surface area contributed by atoms with Crippen molar-refractivity contribution in [3.05, 3.63) is 36.5 Å². The molecule has 9 nitrogen and oxygen atoms in total. The van der Waals surface area contributed by atoms with Crippen molar-refractivity contribution in [1.82, 2.24) is 0 Å². The van der Waals surface area contributed by atoms with Gasteiger partial charge in [0.05, 0.1) is 13.2 Å². The molecular formula is C65H124NO8P. The number of nitrogens with two attached hydrogens (primary N) is 1. The van der Waals surface area contributed by atoms with Gasteiger partial charge in [-0.2, -0.15) is 0 Å². The topological polar surface area (TPSA) is 134 Å². The summed E-state index contributed by atoms with van der Waals surface area (Å²) in [6.07, 6.45) is 75.7. The molecule has 0 fully saturated rings. The molecule has 0 heterocycles. The minimum absolute atomic E-state index is 0.0491. The van der Waals surface area contributed by atoms with Crippen molar-refractivity contribution in [3.8, 4) is 0 Å². The molecule has 0 spiro atoms. The predicted octanol–water partition coefficient (Wildman–Crippen LogP) is 20.7. The number of esters is 2. The van der Waals surface area contributed by atoms with E-state index in [2.05, 4.69) is 50.3 Å². The molecule has 0 bridgehead atoms. The SMILES string of the molecule is CC/C=C\C/C=C\C/C=C\CCCCCC(=O)OC(COC(=O)CCCCCCCCCCCCCCCCCCCCCCCCCCCCCCCCCCCCCCCCCCC)COP(=O)(O)OCCN. The summed E-state index contributed by atoms with van der Waals surface area (Å²) in [4.78, 5) is 35.1. The van der Waals surface area contributed by atoms with Crippen LogP contribution in [0.15, 0.2) is 36.5 Å². The number of ether oxygens (including phenoxy) is 2. The number of hydrogen-bond donors (Lipinski definition) is 2. The zero-order valence-corrected chi connectivity index (χ0v) is 50.4. The number of rotatable bonds is 62. The fraction of sp³-hybridized carbons (Fsp3) is 0.877. The van der Waals surface area contributed by atoms with E-state index in [1.54, 1.807) is 0 Å².